The number of phenolic OH excluding ortho intramolecular Hbond substituents is 1. The van der Waals surface area contributed by atoms with Crippen molar-refractivity contribution in [3.8, 4) is 5.75 Å². The number of alkyl halides is 3. The highest BCUT2D eigenvalue weighted by Gasteiger charge is 2.33. The van der Waals surface area contributed by atoms with Gasteiger partial charge in [-0.2, -0.15) is 13.2 Å². The van der Waals surface area contributed by atoms with Gasteiger partial charge in [-0.3, -0.25) is 9.88 Å². The highest BCUT2D eigenvalue weighted by atomic mass is 19.4. The zero-order valence-corrected chi connectivity index (χ0v) is 22.5. The van der Waals surface area contributed by atoms with Gasteiger partial charge in [-0.25, -0.2) is 0 Å². The van der Waals surface area contributed by atoms with E-state index in [0.29, 0.717) is 23.9 Å². The van der Waals surface area contributed by atoms with Crippen molar-refractivity contribution < 1.29 is 18.3 Å². The van der Waals surface area contributed by atoms with Gasteiger partial charge in [0.25, 0.3) is 0 Å². The molecule has 0 amide bonds. The third-order valence-corrected chi connectivity index (χ3v) is 6.55. The Bertz CT molecular complexity index is 988. The number of hydrogen-bond acceptors (Lipinski definition) is 4. The van der Waals surface area contributed by atoms with Gasteiger partial charge in [0.1, 0.15) is 5.75 Å². The number of nitrogens with zero attached hydrogens (tertiary/aromatic N) is 2. The molecule has 1 aliphatic rings. The number of rotatable bonds is 9. The predicted molar refractivity (Wildman–Crippen MR) is 142 cm³/mol. The number of pyridine rings is 1. The summed E-state index contributed by atoms with van der Waals surface area (Å²) >= 11 is 0. The fourth-order valence-corrected chi connectivity index (χ4v) is 4.66. The second-order valence-corrected chi connectivity index (χ2v) is 9.70. The van der Waals surface area contributed by atoms with Crippen LogP contribution in [-0.2, 0) is 6.18 Å². The Hall–Kier alpha value is -2.54. The van der Waals surface area contributed by atoms with Crippen molar-refractivity contribution >= 4 is 5.70 Å². The monoisotopic (exact) mass is 505 g/mol. The lowest BCUT2D eigenvalue weighted by atomic mass is 9.92. The first-order chi connectivity index (χ1) is 17.1. The van der Waals surface area contributed by atoms with Crippen LogP contribution in [0.25, 0.3) is 5.70 Å². The van der Waals surface area contributed by atoms with E-state index in [1.165, 1.54) is 18.9 Å². The molecule has 2 N–H and O–H groups in total. The summed E-state index contributed by atoms with van der Waals surface area (Å²) < 4.78 is 39.4. The smallest absolute Gasteiger partial charge is 0.416 e. The molecule has 36 heavy (non-hydrogen) atoms. The lowest BCUT2D eigenvalue weighted by molar-refractivity contribution is -0.137. The number of fused-ring (bicyclic) bond motifs is 1. The number of benzene rings is 1. The molecule has 1 aromatic carbocycles. The molecule has 4 nitrogen and oxygen atoms in total. The van der Waals surface area contributed by atoms with Crippen LogP contribution in [0.1, 0.15) is 88.6 Å². The molecule has 0 saturated heterocycles. The molecule has 200 valence electrons. The average molecular weight is 506 g/mol. The minimum atomic E-state index is -4.50. The normalized spacial score (nSPS) is 16.9. The topological polar surface area (TPSA) is 48.4 Å². The van der Waals surface area contributed by atoms with Crippen molar-refractivity contribution in [3.05, 3.63) is 65.0 Å². The quantitative estimate of drug-likeness (QED) is 0.367. The Morgan fingerprint density at radius 3 is 2.44 bits per heavy atom. The summed E-state index contributed by atoms with van der Waals surface area (Å²) in [6, 6.07) is 4.71. The molecule has 3 rings (SSSR count). The van der Waals surface area contributed by atoms with Gasteiger partial charge in [-0.05, 0) is 61.6 Å². The Balaban J connectivity index is 0.00000222. The number of hydrogen-bond donors (Lipinski definition) is 2. The zero-order valence-electron chi connectivity index (χ0n) is 22.5. The molecule has 0 spiro atoms. The SMILES string of the molecule is CC.CCCC(CCC(C)C)CNC1=CCN(C)C(c2ccc(C(F)(F)F)cc2O)c2ccncc21. The van der Waals surface area contributed by atoms with E-state index >= 15 is 0 Å². The van der Waals surface area contributed by atoms with Crippen molar-refractivity contribution in [3.63, 3.8) is 0 Å². The molecule has 2 unspecified atom stereocenters. The van der Waals surface area contributed by atoms with Gasteiger partial charge in [0.05, 0.1) is 11.6 Å². The second kappa shape index (κ2) is 13.7. The first kappa shape index (κ1) is 29.7. The van der Waals surface area contributed by atoms with Crippen LogP contribution in [0.2, 0.25) is 0 Å². The summed E-state index contributed by atoms with van der Waals surface area (Å²) in [6.07, 6.45) is 5.75. The van der Waals surface area contributed by atoms with Crippen LogP contribution in [0.4, 0.5) is 13.2 Å². The molecule has 0 aliphatic carbocycles. The summed E-state index contributed by atoms with van der Waals surface area (Å²) in [7, 11) is 1.91. The molecule has 2 heterocycles. The van der Waals surface area contributed by atoms with Gasteiger partial charge in [0, 0.05) is 42.3 Å². The highest BCUT2D eigenvalue weighted by molar-refractivity contribution is 5.68. The van der Waals surface area contributed by atoms with Crippen LogP contribution in [0.3, 0.4) is 0 Å². The minimum Gasteiger partial charge on any atom is -0.508 e. The van der Waals surface area contributed by atoms with E-state index in [9.17, 15) is 18.3 Å². The average Bonchev–Trinajstić information content (AvgIpc) is 2.97. The maximum absolute atomic E-state index is 13.1. The first-order valence-electron chi connectivity index (χ1n) is 13.1. The Morgan fingerprint density at radius 2 is 1.83 bits per heavy atom. The lowest BCUT2D eigenvalue weighted by Gasteiger charge is -2.28. The summed E-state index contributed by atoms with van der Waals surface area (Å²) in [5, 5.41) is 14.2. The van der Waals surface area contributed by atoms with Crippen molar-refractivity contribution in [1.82, 2.24) is 15.2 Å². The Kier molecular flexibility index (Phi) is 11.3. The number of aromatic hydroxyl groups is 1. The van der Waals surface area contributed by atoms with Gasteiger partial charge < -0.3 is 10.4 Å². The molecule has 2 aromatic rings. The van der Waals surface area contributed by atoms with Crippen LogP contribution in [0.15, 0.2) is 42.7 Å². The van der Waals surface area contributed by atoms with Crippen LogP contribution < -0.4 is 5.32 Å². The summed E-state index contributed by atoms with van der Waals surface area (Å²) in [5.74, 6) is 0.888. The minimum absolute atomic E-state index is 0.359. The van der Waals surface area contributed by atoms with E-state index < -0.39 is 17.8 Å². The van der Waals surface area contributed by atoms with E-state index in [0.717, 1.165) is 48.3 Å². The molecule has 0 saturated carbocycles. The van der Waals surface area contributed by atoms with E-state index in [2.05, 4.69) is 37.1 Å². The Labute approximate surface area is 214 Å². The van der Waals surface area contributed by atoms with Gasteiger partial charge in [0.2, 0.25) is 0 Å². The molecule has 1 aliphatic heterocycles. The van der Waals surface area contributed by atoms with Crippen molar-refractivity contribution in [2.45, 2.75) is 72.5 Å². The number of aromatic nitrogens is 1. The number of nitrogens with one attached hydrogen (secondary N) is 1. The maximum atomic E-state index is 13.1. The van der Waals surface area contributed by atoms with Crippen LogP contribution in [0.5, 0.6) is 5.75 Å². The maximum Gasteiger partial charge on any atom is 0.416 e. The molecular weight excluding hydrogens is 463 g/mol. The second-order valence-electron chi connectivity index (χ2n) is 9.70. The summed E-state index contributed by atoms with van der Waals surface area (Å²) in [6.45, 7) is 12.1. The van der Waals surface area contributed by atoms with Gasteiger partial charge in [-0.15, -0.1) is 0 Å². The lowest BCUT2D eigenvalue weighted by Crippen LogP contribution is -2.25. The van der Waals surface area contributed by atoms with E-state index in [1.54, 1.807) is 12.4 Å². The van der Waals surface area contributed by atoms with Gasteiger partial charge >= 0.3 is 6.18 Å². The third-order valence-electron chi connectivity index (χ3n) is 6.55. The number of likely N-dealkylation sites (N-methyl/N-ethyl adjacent to an activating group) is 1. The van der Waals surface area contributed by atoms with E-state index in [-0.39, 0.29) is 5.75 Å². The largest absolute Gasteiger partial charge is 0.508 e. The molecule has 0 radical (unpaired) electrons. The zero-order chi connectivity index (χ0) is 26.9. The molecule has 0 bridgehead atoms. The van der Waals surface area contributed by atoms with E-state index in [4.69, 9.17) is 0 Å². The summed E-state index contributed by atoms with van der Waals surface area (Å²) in [4.78, 5) is 6.35. The third kappa shape index (κ3) is 7.73. The fraction of sp³-hybridized carbons (Fsp3) is 0.552. The van der Waals surface area contributed by atoms with Gasteiger partial charge in [0.15, 0.2) is 0 Å². The van der Waals surface area contributed by atoms with E-state index in [1.807, 2.05) is 31.9 Å². The first-order valence-corrected chi connectivity index (χ1v) is 13.1. The highest BCUT2D eigenvalue weighted by Crippen LogP contribution is 2.40. The number of phenols is 1. The van der Waals surface area contributed by atoms with Crippen molar-refractivity contribution in [2.24, 2.45) is 11.8 Å². The Morgan fingerprint density at radius 1 is 1.11 bits per heavy atom. The fourth-order valence-electron chi connectivity index (χ4n) is 4.66. The van der Waals surface area contributed by atoms with Gasteiger partial charge in [-0.1, -0.05) is 53.5 Å². The molecule has 2 atom stereocenters. The summed E-state index contributed by atoms with van der Waals surface area (Å²) in [5.41, 5.74) is 2.38. The molecule has 7 heteroatoms. The molecular formula is C29H42F3N3O. The number of halogens is 3. The van der Waals surface area contributed by atoms with Crippen LogP contribution in [-0.4, -0.2) is 35.1 Å². The predicted octanol–water partition coefficient (Wildman–Crippen LogP) is 7.65. The van der Waals surface area contributed by atoms with Crippen molar-refractivity contribution in [1.29, 1.82) is 0 Å². The van der Waals surface area contributed by atoms with Crippen molar-refractivity contribution in [2.75, 3.05) is 20.1 Å². The molecule has 0 fully saturated rings. The van der Waals surface area contributed by atoms with Crippen LogP contribution >= 0.6 is 0 Å². The standard InChI is InChI=1S/C27H36F3N3O.C2H6/c1-5-6-19(8-7-18(2)3)16-32-24-12-14-33(4)26(21-11-13-31-17-23(21)24)22-10-9-20(15-25(22)34)27(28,29)30;1-2/h9-13,15,17-19,26,32,34H,5-8,14,16H2,1-4H3;1-2H3. The van der Waals surface area contributed by atoms with Crippen LogP contribution in [0, 0.1) is 11.8 Å². The molecule has 1 aromatic heterocycles.